The lowest BCUT2D eigenvalue weighted by Gasteiger charge is -2.36. The summed E-state index contributed by atoms with van der Waals surface area (Å²) in [7, 11) is 0. The number of carbonyl (C=O) groups is 3. The molecule has 26 heavy (non-hydrogen) atoms. The molecule has 0 saturated carbocycles. The van der Waals surface area contributed by atoms with Gasteiger partial charge in [-0.25, -0.2) is 4.79 Å². The number of aromatic nitrogens is 2. The summed E-state index contributed by atoms with van der Waals surface area (Å²) >= 11 is 0. The maximum absolute atomic E-state index is 12.2. The second-order valence-corrected chi connectivity index (χ2v) is 6.07. The number of aromatic amines is 1. The Bertz CT molecular complexity index is 901. The van der Waals surface area contributed by atoms with Crippen molar-refractivity contribution in [1.82, 2.24) is 9.55 Å². The molecule has 0 aromatic carbocycles. The van der Waals surface area contributed by atoms with Gasteiger partial charge in [0.15, 0.2) is 29.2 Å². The van der Waals surface area contributed by atoms with Crippen LogP contribution >= 0.6 is 0 Å². The lowest BCUT2D eigenvalue weighted by molar-refractivity contribution is -0.181. The summed E-state index contributed by atoms with van der Waals surface area (Å²) in [5, 5.41) is 31.0. The number of hydrogen-bond acceptors (Lipinski definition) is 9. The third-order valence-electron chi connectivity index (χ3n) is 4.54. The average Bonchev–Trinajstić information content (AvgIpc) is 2.78. The average molecular weight is 370 g/mol. The molecule has 0 bridgehead atoms. The summed E-state index contributed by atoms with van der Waals surface area (Å²) in [6.45, 7) is 1.82. The van der Waals surface area contributed by atoms with Crippen molar-refractivity contribution in [3.8, 4) is 0 Å². The Balaban J connectivity index is 2.82. The summed E-state index contributed by atoms with van der Waals surface area (Å²) in [4.78, 5) is 61.4. The van der Waals surface area contributed by atoms with Crippen molar-refractivity contribution < 1.29 is 34.4 Å². The molecule has 0 radical (unpaired) electrons. The van der Waals surface area contributed by atoms with E-state index in [1.54, 1.807) is 0 Å². The zero-order chi connectivity index (χ0) is 20.0. The highest BCUT2D eigenvalue weighted by molar-refractivity contribution is 5.99. The van der Waals surface area contributed by atoms with Gasteiger partial charge in [0, 0.05) is 6.20 Å². The molecule has 1 aromatic rings. The fraction of sp³-hybridized carbons (Fsp3) is 0.533. The lowest BCUT2D eigenvalue weighted by atomic mass is 9.75. The molecular formula is C15H18N2O9. The fourth-order valence-electron chi connectivity index (χ4n) is 3.08. The number of ketones is 3. The number of rotatable bonds is 5. The molecule has 1 saturated heterocycles. The van der Waals surface area contributed by atoms with Crippen LogP contribution < -0.4 is 11.2 Å². The number of H-pyrrole nitrogens is 1. The van der Waals surface area contributed by atoms with Crippen LogP contribution in [-0.2, 0) is 14.3 Å². The SMILES string of the molecule is CC(=O)c1cn([C@@H]2O[C@H](CO)[C@](O)(C(C)=O)[C@]2(O)C(C)=O)c(=O)[nH]c1=O. The number of aliphatic hydroxyl groups excluding tert-OH is 1. The van der Waals surface area contributed by atoms with Crippen molar-refractivity contribution in [3.63, 3.8) is 0 Å². The minimum absolute atomic E-state index is 0.474. The van der Waals surface area contributed by atoms with E-state index >= 15 is 0 Å². The Morgan fingerprint density at radius 2 is 1.69 bits per heavy atom. The van der Waals surface area contributed by atoms with Crippen LogP contribution in [0.1, 0.15) is 37.4 Å². The third kappa shape index (κ3) is 2.48. The summed E-state index contributed by atoms with van der Waals surface area (Å²) < 4.78 is 5.76. The second kappa shape index (κ2) is 6.36. The molecular weight excluding hydrogens is 352 g/mol. The maximum atomic E-state index is 12.2. The van der Waals surface area contributed by atoms with E-state index in [1.165, 1.54) is 0 Å². The van der Waals surface area contributed by atoms with Crippen molar-refractivity contribution in [3.05, 3.63) is 32.6 Å². The minimum Gasteiger partial charge on any atom is -0.394 e. The highest BCUT2D eigenvalue weighted by Crippen LogP contribution is 2.46. The van der Waals surface area contributed by atoms with Crippen molar-refractivity contribution in [2.75, 3.05) is 6.61 Å². The van der Waals surface area contributed by atoms with E-state index < -0.39 is 64.3 Å². The molecule has 1 aliphatic heterocycles. The molecule has 2 heterocycles. The van der Waals surface area contributed by atoms with Crippen LogP contribution in [0.4, 0.5) is 0 Å². The van der Waals surface area contributed by atoms with Crippen molar-refractivity contribution in [2.24, 2.45) is 0 Å². The number of nitrogens with one attached hydrogen (secondary N) is 1. The third-order valence-corrected chi connectivity index (χ3v) is 4.54. The maximum Gasteiger partial charge on any atom is 0.330 e. The van der Waals surface area contributed by atoms with Crippen LogP contribution in [0.3, 0.4) is 0 Å². The Hall–Kier alpha value is -2.47. The smallest absolute Gasteiger partial charge is 0.330 e. The van der Waals surface area contributed by atoms with Crippen LogP contribution in [-0.4, -0.2) is 66.1 Å². The summed E-state index contributed by atoms with van der Waals surface area (Å²) in [6, 6.07) is 0. The van der Waals surface area contributed by atoms with Crippen LogP contribution in [0.5, 0.6) is 0 Å². The molecule has 11 nitrogen and oxygen atoms in total. The van der Waals surface area contributed by atoms with Gasteiger partial charge in [0.25, 0.3) is 5.56 Å². The van der Waals surface area contributed by atoms with Gasteiger partial charge < -0.3 is 20.1 Å². The first-order chi connectivity index (χ1) is 11.9. The van der Waals surface area contributed by atoms with E-state index in [0.29, 0.717) is 4.57 Å². The Morgan fingerprint density at radius 1 is 1.15 bits per heavy atom. The van der Waals surface area contributed by atoms with E-state index in [4.69, 9.17) is 4.74 Å². The molecule has 142 valence electrons. The Morgan fingerprint density at radius 3 is 2.12 bits per heavy atom. The standard InChI is InChI=1S/C15H18N2O9/c1-6(19)9-4-17(13(23)16-11(9)22)12-15(25,8(3)21)14(24,7(2)20)10(5-18)26-12/h4,10,12,18,24-25H,5H2,1-3H3,(H,16,22,23)/t10-,12-,14-,15+/m1/s1. The van der Waals surface area contributed by atoms with Gasteiger partial charge in [-0.2, -0.15) is 0 Å². The number of nitrogens with zero attached hydrogens (tertiary/aromatic N) is 1. The molecule has 0 amide bonds. The summed E-state index contributed by atoms with van der Waals surface area (Å²) in [6.07, 6.45) is -2.96. The number of ether oxygens (including phenoxy) is 1. The van der Waals surface area contributed by atoms with Crippen molar-refractivity contribution in [1.29, 1.82) is 0 Å². The van der Waals surface area contributed by atoms with Gasteiger partial charge in [0.1, 0.15) is 6.10 Å². The van der Waals surface area contributed by atoms with E-state index in [-0.39, 0.29) is 0 Å². The number of Topliss-reactive ketones (excluding diaryl/α,β-unsaturated/α-hetero) is 3. The number of hydrogen-bond donors (Lipinski definition) is 4. The first-order valence-electron chi connectivity index (χ1n) is 7.52. The van der Waals surface area contributed by atoms with Crippen LogP contribution in [0.2, 0.25) is 0 Å². The van der Waals surface area contributed by atoms with Crippen molar-refractivity contribution in [2.45, 2.75) is 44.3 Å². The fourth-order valence-corrected chi connectivity index (χ4v) is 3.08. The van der Waals surface area contributed by atoms with Gasteiger partial charge in [0.05, 0.1) is 12.2 Å². The topological polar surface area (TPSA) is 176 Å². The molecule has 0 aliphatic carbocycles. The summed E-state index contributed by atoms with van der Waals surface area (Å²) in [5.41, 5.74) is -8.44. The van der Waals surface area contributed by atoms with Gasteiger partial charge in [-0.15, -0.1) is 0 Å². The molecule has 2 rings (SSSR count). The molecule has 1 aromatic heterocycles. The highest BCUT2D eigenvalue weighted by atomic mass is 16.6. The van der Waals surface area contributed by atoms with Gasteiger partial charge in [0.2, 0.25) is 5.60 Å². The van der Waals surface area contributed by atoms with Crippen molar-refractivity contribution >= 4 is 17.3 Å². The lowest BCUT2D eigenvalue weighted by Crippen LogP contribution is -2.66. The Kier molecular flexibility index (Phi) is 4.85. The van der Waals surface area contributed by atoms with E-state index in [9.17, 15) is 39.3 Å². The predicted molar refractivity (Wildman–Crippen MR) is 83.6 cm³/mol. The van der Waals surface area contributed by atoms with Crippen LogP contribution in [0.15, 0.2) is 15.8 Å². The molecule has 0 spiro atoms. The van der Waals surface area contributed by atoms with E-state index in [2.05, 4.69) is 0 Å². The summed E-state index contributed by atoms with van der Waals surface area (Å²) in [5.74, 6) is -2.93. The molecule has 0 unspecified atom stereocenters. The quantitative estimate of drug-likeness (QED) is 0.401. The van der Waals surface area contributed by atoms with Gasteiger partial charge in [-0.05, 0) is 20.8 Å². The minimum atomic E-state index is -2.96. The van der Waals surface area contributed by atoms with Gasteiger partial charge in [-0.3, -0.25) is 28.7 Å². The van der Waals surface area contributed by atoms with Gasteiger partial charge >= 0.3 is 5.69 Å². The van der Waals surface area contributed by atoms with Crippen LogP contribution in [0, 0.1) is 0 Å². The number of aliphatic hydroxyl groups is 3. The normalized spacial score (nSPS) is 31.0. The highest BCUT2D eigenvalue weighted by Gasteiger charge is 2.71. The van der Waals surface area contributed by atoms with E-state index in [1.807, 2.05) is 4.98 Å². The van der Waals surface area contributed by atoms with Crippen LogP contribution in [0.25, 0.3) is 0 Å². The predicted octanol–water partition coefficient (Wildman–Crippen LogP) is -2.73. The van der Waals surface area contributed by atoms with Gasteiger partial charge in [-0.1, -0.05) is 0 Å². The monoisotopic (exact) mass is 370 g/mol. The zero-order valence-electron chi connectivity index (χ0n) is 14.2. The molecule has 4 atom stereocenters. The molecule has 4 N–H and O–H groups in total. The first kappa shape index (κ1) is 19.8. The molecule has 1 fully saturated rings. The zero-order valence-corrected chi connectivity index (χ0v) is 14.2. The molecule has 11 heteroatoms. The van der Waals surface area contributed by atoms with E-state index in [0.717, 1.165) is 27.0 Å². The second-order valence-electron chi connectivity index (χ2n) is 6.07. The first-order valence-corrected chi connectivity index (χ1v) is 7.52. The largest absolute Gasteiger partial charge is 0.394 e. The molecule has 1 aliphatic rings. The Labute approximate surface area is 145 Å². The number of carbonyl (C=O) groups excluding carboxylic acids is 3.